The number of H-pyrrole nitrogens is 1. The van der Waals surface area contributed by atoms with Crippen molar-refractivity contribution >= 4 is 29.2 Å². The van der Waals surface area contributed by atoms with E-state index < -0.39 is 0 Å². The minimum Gasteiger partial charge on any atom is -0.352 e. The molecule has 0 spiro atoms. The first-order chi connectivity index (χ1) is 11.2. The quantitative estimate of drug-likeness (QED) is 0.793. The maximum absolute atomic E-state index is 12.4. The fourth-order valence-electron chi connectivity index (χ4n) is 3.33. The first kappa shape index (κ1) is 18.5. The Balaban J connectivity index is 0.00000208. The van der Waals surface area contributed by atoms with E-state index >= 15 is 0 Å². The fraction of sp³-hybridized carbons (Fsp3) is 0.444. The molecular formula is C18H24ClN3O2. The molecule has 5 nitrogen and oxygen atoms in total. The topological polar surface area (TPSA) is 74.0 Å². The summed E-state index contributed by atoms with van der Waals surface area (Å²) in [5.74, 6) is 0.332. The summed E-state index contributed by atoms with van der Waals surface area (Å²) in [4.78, 5) is 27.5. The smallest absolute Gasteiger partial charge is 0.261 e. The standard InChI is InChI=1S/C18H23N3O2.ClH/c1-12-14-6-2-3-7-15(14)21-18(23)16(12)17(22)20-10-8-13-5-4-9-19-11-13;/h2-3,6-7,13,19H,4-5,8-11H2,1H3,(H,20,22)(H,21,23);1H. The number of carbonyl (C=O) groups is 1. The third-order valence-electron chi connectivity index (χ3n) is 4.65. The molecule has 6 heteroatoms. The van der Waals surface area contributed by atoms with Gasteiger partial charge >= 0.3 is 0 Å². The zero-order chi connectivity index (χ0) is 16.2. The van der Waals surface area contributed by atoms with Gasteiger partial charge in [-0.25, -0.2) is 0 Å². The molecule has 24 heavy (non-hydrogen) atoms. The van der Waals surface area contributed by atoms with Gasteiger partial charge in [0.1, 0.15) is 5.56 Å². The summed E-state index contributed by atoms with van der Waals surface area (Å²) in [5, 5.41) is 7.19. The van der Waals surface area contributed by atoms with Gasteiger partial charge in [-0.05, 0) is 56.8 Å². The van der Waals surface area contributed by atoms with Crippen molar-refractivity contribution in [1.82, 2.24) is 15.6 Å². The summed E-state index contributed by atoms with van der Waals surface area (Å²) in [6, 6.07) is 7.55. The Morgan fingerprint density at radius 1 is 1.33 bits per heavy atom. The van der Waals surface area contributed by atoms with Gasteiger partial charge in [0.15, 0.2) is 0 Å². The maximum atomic E-state index is 12.4. The van der Waals surface area contributed by atoms with E-state index in [1.807, 2.05) is 31.2 Å². The molecule has 0 saturated carbocycles. The van der Waals surface area contributed by atoms with Crippen LogP contribution in [-0.2, 0) is 0 Å². The van der Waals surface area contributed by atoms with Gasteiger partial charge in [-0.1, -0.05) is 18.2 Å². The molecular weight excluding hydrogens is 326 g/mol. The maximum Gasteiger partial charge on any atom is 0.261 e. The van der Waals surface area contributed by atoms with Gasteiger partial charge in [-0.3, -0.25) is 9.59 Å². The Morgan fingerprint density at radius 2 is 2.12 bits per heavy atom. The lowest BCUT2D eigenvalue weighted by molar-refractivity contribution is 0.0948. The second-order valence-electron chi connectivity index (χ2n) is 6.26. The highest BCUT2D eigenvalue weighted by atomic mass is 35.5. The van der Waals surface area contributed by atoms with E-state index in [0.29, 0.717) is 12.5 Å². The molecule has 0 radical (unpaired) electrons. The van der Waals surface area contributed by atoms with Gasteiger partial charge in [0.2, 0.25) is 0 Å². The Hall–Kier alpha value is -1.85. The highest BCUT2D eigenvalue weighted by Crippen LogP contribution is 2.17. The van der Waals surface area contributed by atoms with Gasteiger partial charge in [-0.15, -0.1) is 12.4 Å². The predicted octanol–water partition coefficient (Wildman–Crippen LogP) is 2.38. The molecule has 1 fully saturated rings. The molecule has 0 aliphatic carbocycles. The van der Waals surface area contributed by atoms with Crippen molar-refractivity contribution in [2.75, 3.05) is 19.6 Å². The SMILES string of the molecule is Cc1c(C(=O)NCCC2CCCNC2)c(=O)[nH]c2ccccc12.Cl. The first-order valence-electron chi connectivity index (χ1n) is 8.27. The second kappa shape index (κ2) is 8.31. The van der Waals surface area contributed by atoms with Crippen LogP contribution in [-0.4, -0.2) is 30.5 Å². The van der Waals surface area contributed by atoms with E-state index in [-0.39, 0.29) is 29.4 Å². The zero-order valence-corrected chi connectivity index (χ0v) is 14.7. The van der Waals surface area contributed by atoms with E-state index in [9.17, 15) is 9.59 Å². The third kappa shape index (κ3) is 3.97. The van der Waals surface area contributed by atoms with Crippen LogP contribution in [0.4, 0.5) is 0 Å². The molecule has 2 aromatic rings. The predicted molar refractivity (Wildman–Crippen MR) is 99.1 cm³/mol. The fourth-order valence-corrected chi connectivity index (χ4v) is 3.33. The van der Waals surface area contributed by atoms with Gasteiger partial charge in [-0.2, -0.15) is 0 Å². The molecule has 1 unspecified atom stereocenters. The number of carbonyl (C=O) groups excluding carboxylic acids is 1. The van der Waals surface area contributed by atoms with Crippen LogP contribution in [0.5, 0.6) is 0 Å². The number of rotatable bonds is 4. The van der Waals surface area contributed by atoms with Gasteiger partial charge in [0, 0.05) is 17.4 Å². The first-order valence-corrected chi connectivity index (χ1v) is 8.27. The Labute approximate surface area is 147 Å². The molecule has 1 aliphatic heterocycles. The molecule has 2 heterocycles. The van der Waals surface area contributed by atoms with Crippen LogP contribution in [0.25, 0.3) is 10.9 Å². The number of aromatic amines is 1. The van der Waals surface area contributed by atoms with E-state index in [2.05, 4.69) is 15.6 Å². The monoisotopic (exact) mass is 349 g/mol. The third-order valence-corrected chi connectivity index (χ3v) is 4.65. The van der Waals surface area contributed by atoms with Crippen molar-refractivity contribution in [3.63, 3.8) is 0 Å². The van der Waals surface area contributed by atoms with Crippen LogP contribution in [0, 0.1) is 12.8 Å². The highest BCUT2D eigenvalue weighted by Gasteiger charge is 2.17. The number of fused-ring (bicyclic) bond motifs is 1. The number of pyridine rings is 1. The molecule has 0 bridgehead atoms. The normalized spacial score (nSPS) is 17.3. The average Bonchev–Trinajstić information content (AvgIpc) is 2.56. The summed E-state index contributed by atoms with van der Waals surface area (Å²) in [6.07, 6.45) is 3.35. The summed E-state index contributed by atoms with van der Waals surface area (Å²) in [5.41, 5.74) is 1.41. The van der Waals surface area contributed by atoms with Crippen LogP contribution in [0.15, 0.2) is 29.1 Å². The lowest BCUT2D eigenvalue weighted by atomic mass is 9.96. The molecule has 1 amide bonds. The van der Waals surface area contributed by atoms with Crippen LogP contribution in [0.2, 0.25) is 0 Å². The van der Waals surface area contributed by atoms with E-state index in [1.165, 1.54) is 12.8 Å². The summed E-state index contributed by atoms with van der Waals surface area (Å²) < 4.78 is 0. The molecule has 3 rings (SSSR count). The number of hydrogen-bond acceptors (Lipinski definition) is 3. The number of aryl methyl sites for hydroxylation is 1. The van der Waals surface area contributed by atoms with Crippen LogP contribution in [0.1, 0.15) is 35.2 Å². The van der Waals surface area contributed by atoms with Crippen molar-refractivity contribution in [1.29, 1.82) is 0 Å². The summed E-state index contributed by atoms with van der Waals surface area (Å²) in [6.45, 7) is 4.55. The summed E-state index contributed by atoms with van der Waals surface area (Å²) >= 11 is 0. The van der Waals surface area contributed by atoms with Crippen molar-refractivity contribution in [2.45, 2.75) is 26.2 Å². The largest absolute Gasteiger partial charge is 0.352 e. The average molecular weight is 350 g/mol. The molecule has 130 valence electrons. The van der Waals surface area contributed by atoms with Crippen LogP contribution in [0.3, 0.4) is 0 Å². The Kier molecular flexibility index (Phi) is 6.40. The van der Waals surface area contributed by atoms with E-state index in [1.54, 1.807) is 0 Å². The lowest BCUT2D eigenvalue weighted by Gasteiger charge is -2.22. The molecule has 1 atom stereocenters. The number of aromatic nitrogens is 1. The van der Waals surface area contributed by atoms with E-state index in [4.69, 9.17) is 0 Å². The number of halogens is 1. The highest BCUT2D eigenvalue weighted by molar-refractivity contribution is 5.99. The Bertz CT molecular complexity index is 766. The number of nitrogens with one attached hydrogen (secondary N) is 3. The molecule has 3 N–H and O–H groups in total. The zero-order valence-electron chi connectivity index (χ0n) is 13.9. The summed E-state index contributed by atoms with van der Waals surface area (Å²) in [7, 11) is 0. The van der Waals surface area contributed by atoms with Gasteiger partial charge < -0.3 is 15.6 Å². The Morgan fingerprint density at radius 3 is 2.88 bits per heavy atom. The van der Waals surface area contributed by atoms with Crippen molar-refractivity contribution < 1.29 is 4.79 Å². The number of amides is 1. The number of para-hydroxylation sites is 1. The molecule has 1 aromatic carbocycles. The number of hydrogen-bond donors (Lipinski definition) is 3. The van der Waals surface area contributed by atoms with Crippen LogP contribution >= 0.6 is 12.4 Å². The minimum atomic E-state index is -0.321. The molecule has 1 saturated heterocycles. The van der Waals surface area contributed by atoms with Crippen molar-refractivity contribution in [3.05, 3.63) is 45.7 Å². The van der Waals surface area contributed by atoms with Gasteiger partial charge in [0.25, 0.3) is 11.5 Å². The number of benzene rings is 1. The molecule has 1 aliphatic rings. The van der Waals surface area contributed by atoms with Gasteiger partial charge in [0.05, 0.1) is 0 Å². The van der Waals surface area contributed by atoms with Crippen LogP contribution < -0.4 is 16.2 Å². The second-order valence-corrected chi connectivity index (χ2v) is 6.26. The number of piperidine rings is 1. The van der Waals surface area contributed by atoms with Crippen molar-refractivity contribution in [3.8, 4) is 0 Å². The minimum absolute atomic E-state index is 0. The molecule has 1 aromatic heterocycles. The lowest BCUT2D eigenvalue weighted by Crippen LogP contribution is -2.35. The van der Waals surface area contributed by atoms with E-state index in [0.717, 1.165) is 36.0 Å². The van der Waals surface area contributed by atoms with Crippen molar-refractivity contribution in [2.24, 2.45) is 5.92 Å².